The molecule has 0 aliphatic carbocycles. The molecule has 0 amide bonds. The van der Waals surface area contributed by atoms with Gasteiger partial charge in [-0.3, -0.25) is 9.59 Å². The van der Waals surface area contributed by atoms with E-state index >= 15 is 0 Å². The Morgan fingerprint density at radius 2 is 0.759 bits per heavy atom. The monoisotopic (exact) mass is 819 g/mol. The van der Waals surface area contributed by atoms with E-state index in [0.717, 1.165) is 70.6 Å². The second-order valence-corrected chi connectivity index (χ2v) is 18.3. The Hall–Kier alpha value is -1.04. The van der Waals surface area contributed by atoms with Gasteiger partial charge in [-0.15, -0.1) is 0 Å². The first-order valence-corrected chi connectivity index (χ1v) is 26.1. The highest BCUT2D eigenvalue weighted by Crippen LogP contribution is 2.22. The summed E-state index contributed by atoms with van der Waals surface area (Å²) >= 11 is 0. The van der Waals surface area contributed by atoms with Gasteiger partial charge < -0.3 is 14.9 Å². The highest BCUT2D eigenvalue weighted by atomic mass is 16.5. The second-order valence-electron chi connectivity index (χ2n) is 18.3. The highest BCUT2D eigenvalue weighted by Gasteiger charge is 2.24. The topological polar surface area (TPSA) is 83.8 Å². The van der Waals surface area contributed by atoms with Crippen molar-refractivity contribution in [1.29, 1.82) is 0 Å². The Morgan fingerprint density at radius 1 is 0.448 bits per heavy atom. The van der Waals surface area contributed by atoms with E-state index < -0.39 is 6.10 Å². The quantitative estimate of drug-likeness (QED) is 0.0363. The van der Waals surface area contributed by atoms with Crippen molar-refractivity contribution in [2.45, 2.75) is 296 Å². The van der Waals surface area contributed by atoms with Crippen LogP contribution in [-0.4, -0.2) is 47.2 Å². The molecule has 0 aromatic rings. The van der Waals surface area contributed by atoms with Crippen molar-refractivity contribution in [3.8, 4) is 0 Å². The number of carbonyl (C=O) groups is 2. The molecule has 0 saturated carbocycles. The number of aliphatic hydroxyl groups excluding tert-OH is 2. The van der Waals surface area contributed by atoms with Crippen LogP contribution in [0.15, 0.2) is 12.2 Å². The Bertz CT molecular complexity index is 829. The predicted octanol–water partition coefficient (Wildman–Crippen LogP) is 16.1. The summed E-state index contributed by atoms with van der Waals surface area (Å²) in [7, 11) is 0. The molecule has 0 rings (SSSR count). The maximum atomic E-state index is 13.4. The molecule has 344 valence electrons. The largest absolute Gasteiger partial charge is 0.394 e. The average molecular weight is 819 g/mol. The van der Waals surface area contributed by atoms with Crippen LogP contribution in [0.1, 0.15) is 284 Å². The minimum Gasteiger partial charge on any atom is -0.394 e. The fourth-order valence-electron chi connectivity index (χ4n) is 8.32. The van der Waals surface area contributed by atoms with Crippen molar-refractivity contribution in [1.82, 2.24) is 0 Å². The lowest BCUT2D eigenvalue weighted by Crippen LogP contribution is -2.24. The third-order valence-electron chi connectivity index (χ3n) is 12.4. The smallest absolute Gasteiger partial charge is 0.143 e. The standard InChI is InChI=1S/C53H102O5/c1-4-6-8-10-12-14-16-19-25-29-33-37-41-45-52(56)51(53(57)46-42-38-34-30-26-20-17-15-13-11-9-7-5-2)44-40-36-32-28-24-22-18-21-23-27-31-35-39-43-49(3)58-48-50(55)47-54/h18,21,49-51,54-55H,4-17,19-20,22-48H2,1-3H3. The van der Waals surface area contributed by atoms with Crippen LogP contribution in [0.3, 0.4) is 0 Å². The SMILES string of the molecule is CCCCCCCCCCCCCCCC(=O)C(CCCCCCCC=CCCCCCCC(C)OCC(O)CO)C(=O)CCCCCCCCCCCCCCC. The van der Waals surface area contributed by atoms with Gasteiger partial charge in [0, 0.05) is 12.8 Å². The van der Waals surface area contributed by atoms with Crippen LogP contribution in [0, 0.1) is 5.92 Å². The van der Waals surface area contributed by atoms with Crippen molar-refractivity contribution in [3.63, 3.8) is 0 Å². The lowest BCUT2D eigenvalue weighted by atomic mass is 9.87. The molecule has 2 unspecified atom stereocenters. The lowest BCUT2D eigenvalue weighted by Gasteiger charge is -2.15. The zero-order chi connectivity index (χ0) is 42.4. The normalized spacial score (nSPS) is 12.9. The van der Waals surface area contributed by atoms with Gasteiger partial charge in [-0.25, -0.2) is 0 Å². The van der Waals surface area contributed by atoms with E-state index in [4.69, 9.17) is 9.84 Å². The molecule has 58 heavy (non-hydrogen) atoms. The second kappa shape index (κ2) is 47.0. The van der Waals surface area contributed by atoms with Crippen LogP contribution in [-0.2, 0) is 14.3 Å². The number of hydrogen-bond donors (Lipinski definition) is 2. The van der Waals surface area contributed by atoms with Crippen molar-refractivity contribution < 1.29 is 24.5 Å². The van der Waals surface area contributed by atoms with E-state index in [2.05, 4.69) is 26.0 Å². The third kappa shape index (κ3) is 41.7. The first kappa shape index (κ1) is 57.0. The van der Waals surface area contributed by atoms with Gasteiger partial charge in [0.2, 0.25) is 0 Å². The molecule has 2 atom stereocenters. The zero-order valence-electron chi connectivity index (χ0n) is 39.4. The number of aliphatic hydroxyl groups is 2. The lowest BCUT2D eigenvalue weighted by molar-refractivity contribution is -0.133. The number of hydrogen-bond acceptors (Lipinski definition) is 5. The van der Waals surface area contributed by atoms with Gasteiger partial charge in [0.15, 0.2) is 0 Å². The zero-order valence-corrected chi connectivity index (χ0v) is 39.4. The maximum Gasteiger partial charge on any atom is 0.143 e. The molecule has 0 saturated heterocycles. The van der Waals surface area contributed by atoms with Crippen LogP contribution < -0.4 is 0 Å². The van der Waals surface area contributed by atoms with Gasteiger partial charge in [0.25, 0.3) is 0 Å². The average Bonchev–Trinajstić information content (AvgIpc) is 3.22. The van der Waals surface area contributed by atoms with Gasteiger partial charge in [0.05, 0.1) is 25.2 Å². The number of carbonyl (C=O) groups excluding carboxylic acids is 2. The molecule has 5 nitrogen and oxygen atoms in total. The number of ether oxygens (including phenoxy) is 1. The van der Waals surface area contributed by atoms with E-state index in [1.54, 1.807) is 0 Å². The molecule has 0 aliphatic heterocycles. The summed E-state index contributed by atoms with van der Waals surface area (Å²) in [5.41, 5.74) is 0. The number of ketones is 2. The fraction of sp³-hybridized carbons (Fsp3) is 0.925. The number of Topliss-reactive ketones (excluding diaryl/α,β-unsaturated/α-hetero) is 2. The van der Waals surface area contributed by atoms with Gasteiger partial charge in [0.1, 0.15) is 17.7 Å². The van der Waals surface area contributed by atoms with Crippen molar-refractivity contribution in [2.24, 2.45) is 5.92 Å². The number of rotatable bonds is 49. The third-order valence-corrected chi connectivity index (χ3v) is 12.4. The minimum atomic E-state index is -0.771. The van der Waals surface area contributed by atoms with Gasteiger partial charge in [-0.05, 0) is 58.3 Å². The van der Waals surface area contributed by atoms with Crippen LogP contribution in [0.5, 0.6) is 0 Å². The molecule has 5 heteroatoms. The predicted molar refractivity (Wildman–Crippen MR) is 252 cm³/mol. The van der Waals surface area contributed by atoms with Gasteiger partial charge in [-0.1, -0.05) is 225 Å². The van der Waals surface area contributed by atoms with Crippen LogP contribution in [0.4, 0.5) is 0 Å². The molecule has 0 spiro atoms. The molecular formula is C53H102O5. The Labute approximate surface area is 362 Å². The fourth-order valence-corrected chi connectivity index (χ4v) is 8.32. The van der Waals surface area contributed by atoms with E-state index in [-0.39, 0.29) is 36.8 Å². The molecule has 0 radical (unpaired) electrons. The highest BCUT2D eigenvalue weighted by molar-refractivity contribution is 6.02. The summed E-state index contributed by atoms with van der Waals surface area (Å²) in [6.45, 7) is 6.57. The first-order chi connectivity index (χ1) is 28.5. The Morgan fingerprint density at radius 3 is 1.12 bits per heavy atom. The molecule has 0 aliphatic rings. The van der Waals surface area contributed by atoms with Crippen LogP contribution >= 0.6 is 0 Å². The molecule has 0 fully saturated rings. The maximum absolute atomic E-state index is 13.4. The first-order valence-electron chi connectivity index (χ1n) is 26.1. The molecule has 0 heterocycles. The molecule has 0 aromatic carbocycles. The van der Waals surface area contributed by atoms with Crippen molar-refractivity contribution in [3.05, 3.63) is 12.2 Å². The summed E-state index contributed by atoms with van der Waals surface area (Å²) < 4.78 is 5.57. The Balaban J connectivity index is 4.26. The molecule has 0 bridgehead atoms. The molecule has 2 N–H and O–H groups in total. The van der Waals surface area contributed by atoms with Crippen molar-refractivity contribution >= 4 is 11.6 Å². The van der Waals surface area contributed by atoms with Gasteiger partial charge in [-0.2, -0.15) is 0 Å². The summed E-state index contributed by atoms with van der Waals surface area (Å²) in [4.78, 5) is 26.8. The summed E-state index contributed by atoms with van der Waals surface area (Å²) in [5.74, 6) is 0.137. The summed E-state index contributed by atoms with van der Waals surface area (Å²) in [5, 5.41) is 18.3. The summed E-state index contributed by atoms with van der Waals surface area (Å²) in [6, 6.07) is 0. The van der Waals surface area contributed by atoms with Crippen molar-refractivity contribution in [2.75, 3.05) is 13.2 Å². The Kier molecular flexibility index (Phi) is 46.2. The minimum absolute atomic E-state index is 0.130. The summed E-state index contributed by atoms with van der Waals surface area (Å²) in [6.07, 6.45) is 53.9. The van der Waals surface area contributed by atoms with Crippen LogP contribution in [0.25, 0.3) is 0 Å². The van der Waals surface area contributed by atoms with E-state index in [1.807, 2.05) is 6.92 Å². The van der Waals surface area contributed by atoms with E-state index in [1.165, 1.54) is 180 Å². The molecular weight excluding hydrogens is 717 g/mol. The van der Waals surface area contributed by atoms with Crippen LogP contribution in [0.2, 0.25) is 0 Å². The van der Waals surface area contributed by atoms with E-state index in [9.17, 15) is 14.7 Å². The van der Waals surface area contributed by atoms with E-state index in [0.29, 0.717) is 12.8 Å². The number of unbranched alkanes of at least 4 members (excludes halogenated alkanes) is 33. The number of allylic oxidation sites excluding steroid dienone is 2. The van der Waals surface area contributed by atoms with Gasteiger partial charge >= 0.3 is 0 Å². The molecule has 0 aromatic heterocycles.